The van der Waals surface area contributed by atoms with Crippen LogP contribution in [0.2, 0.25) is 0 Å². The molecule has 0 bridgehead atoms. The van der Waals surface area contributed by atoms with Crippen LogP contribution in [0.4, 0.5) is 13.2 Å². The standard InChI is InChI=1S/C17H23F3N2O6S/c1-16(2)27-9-8-26-13(11-22-29(24,25)17(18,19)20)14(28-16)10-21-15(23)12-6-4-3-5-7-12/h3-7,13-14,22H,8-11H2,1-2H3,(H,21,23)/t13-,14+/m1/s1. The number of rotatable bonds is 6. The molecule has 0 radical (unpaired) electrons. The maximum atomic E-state index is 12.6. The quantitative estimate of drug-likeness (QED) is 0.693. The van der Waals surface area contributed by atoms with Gasteiger partial charge in [0, 0.05) is 18.7 Å². The van der Waals surface area contributed by atoms with Crippen LogP contribution >= 0.6 is 0 Å². The molecule has 0 unspecified atom stereocenters. The van der Waals surface area contributed by atoms with Crippen LogP contribution in [0.25, 0.3) is 0 Å². The molecule has 8 nitrogen and oxygen atoms in total. The Labute approximate surface area is 166 Å². The van der Waals surface area contributed by atoms with Crippen molar-refractivity contribution in [1.29, 1.82) is 0 Å². The minimum atomic E-state index is -5.55. The van der Waals surface area contributed by atoms with Crippen molar-refractivity contribution in [2.24, 2.45) is 0 Å². The van der Waals surface area contributed by atoms with Gasteiger partial charge in [-0.05, 0) is 26.0 Å². The second-order valence-electron chi connectivity index (χ2n) is 6.69. The lowest BCUT2D eigenvalue weighted by Crippen LogP contribution is -2.53. The molecule has 2 atom stereocenters. The smallest absolute Gasteiger partial charge is 0.372 e. The van der Waals surface area contributed by atoms with Crippen LogP contribution < -0.4 is 10.0 Å². The molecule has 12 heteroatoms. The summed E-state index contributed by atoms with van der Waals surface area (Å²) in [6, 6.07) is 8.27. The molecule has 0 aromatic heterocycles. The minimum Gasteiger partial charge on any atom is -0.372 e. The Hall–Kier alpha value is -1.73. The molecule has 1 aliphatic rings. The highest BCUT2D eigenvalue weighted by Gasteiger charge is 2.46. The Kier molecular flexibility index (Phi) is 7.62. The van der Waals surface area contributed by atoms with Gasteiger partial charge in [-0.2, -0.15) is 13.2 Å². The summed E-state index contributed by atoms with van der Waals surface area (Å²) in [4.78, 5) is 12.3. The van der Waals surface area contributed by atoms with Crippen molar-refractivity contribution < 1.29 is 40.6 Å². The van der Waals surface area contributed by atoms with E-state index in [1.54, 1.807) is 44.2 Å². The lowest BCUT2D eigenvalue weighted by molar-refractivity contribution is -0.277. The summed E-state index contributed by atoms with van der Waals surface area (Å²) in [5.74, 6) is -1.54. The Morgan fingerprint density at radius 1 is 1.14 bits per heavy atom. The molecule has 164 valence electrons. The van der Waals surface area contributed by atoms with Crippen LogP contribution in [0.15, 0.2) is 30.3 Å². The predicted molar refractivity (Wildman–Crippen MR) is 96.4 cm³/mol. The van der Waals surface area contributed by atoms with Crippen molar-refractivity contribution in [3.63, 3.8) is 0 Å². The highest BCUT2D eigenvalue weighted by Crippen LogP contribution is 2.23. The van der Waals surface area contributed by atoms with Crippen LogP contribution in [0.3, 0.4) is 0 Å². The van der Waals surface area contributed by atoms with Crippen LogP contribution in [0.1, 0.15) is 24.2 Å². The Morgan fingerprint density at radius 3 is 2.41 bits per heavy atom. The van der Waals surface area contributed by atoms with Gasteiger partial charge in [0.25, 0.3) is 5.91 Å². The zero-order valence-corrected chi connectivity index (χ0v) is 16.7. The Morgan fingerprint density at radius 2 is 1.79 bits per heavy atom. The molecule has 2 N–H and O–H groups in total. The van der Waals surface area contributed by atoms with Crippen molar-refractivity contribution in [3.05, 3.63) is 35.9 Å². The zero-order chi connectivity index (χ0) is 21.7. The molecule has 1 fully saturated rings. The molecule has 1 amide bonds. The van der Waals surface area contributed by atoms with Gasteiger partial charge in [0.05, 0.1) is 19.3 Å². The van der Waals surface area contributed by atoms with Crippen LogP contribution in [-0.4, -0.2) is 64.1 Å². The first kappa shape index (κ1) is 23.5. The van der Waals surface area contributed by atoms with Gasteiger partial charge in [-0.1, -0.05) is 18.2 Å². The second-order valence-corrected chi connectivity index (χ2v) is 8.45. The third-order valence-electron chi connectivity index (χ3n) is 3.99. The largest absolute Gasteiger partial charge is 0.511 e. The van der Waals surface area contributed by atoms with E-state index in [0.717, 1.165) is 0 Å². The third kappa shape index (κ3) is 6.93. The van der Waals surface area contributed by atoms with Crippen LogP contribution in [0, 0.1) is 0 Å². The predicted octanol–water partition coefficient (Wildman–Crippen LogP) is 1.39. The van der Waals surface area contributed by atoms with Crippen molar-refractivity contribution in [3.8, 4) is 0 Å². The third-order valence-corrected chi connectivity index (χ3v) is 5.15. The summed E-state index contributed by atoms with van der Waals surface area (Å²) >= 11 is 0. The van der Waals surface area contributed by atoms with Crippen molar-refractivity contribution >= 4 is 15.9 Å². The molecule has 0 saturated carbocycles. The molecule has 0 spiro atoms. The number of hydrogen-bond acceptors (Lipinski definition) is 6. The average molecular weight is 440 g/mol. The Balaban J connectivity index is 2.11. The molecule has 0 aliphatic carbocycles. The summed E-state index contributed by atoms with van der Waals surface area (Å²) in [5, 5.41) is 2.61. The van der Waals surface area contributed by atoms with E-state index in [1.165, 1.54) is 4.72 Å². The fourth-order valence-corrected chi connectivity index (χ4v) is 3.14. The summed E-state index contributed by atoms with van der Waals surface area (Å²) < 4.78 is 78.5. The van der Waals surface area contributed by atoms with Crippen molar-refractivity contribution in [1.82, 2.24) is 10.0 Å². The summed E-state index contributed by atoms with van der Waals surface area (Å²) in [5.41, 5.74) is -5.07. The van der Waals surface area contributed by atoms with Crippen molar-refractivity contribution in [2.45, 2.75) is 37.4 Å². The first-order valence-electron chi connectivity index (χ1n) is 8.74. The number of amides is 1. The number of benzene rings is 1. The molecular formula is C17H23F3N2O6S. The minimum absolute atomic E-state index is 0.00827. The molecule has 1 aliphatic heterocycles. The van der Waals surface area contributed by atoms with Gasteiger partial charge < -0.3 is 19.5 Å². The lowest BCUT2D eigenvalue weighted by Gasteiger charge is -2.37. The lowest BCUT2D eigenvalue weighted by atomic mass is 10.1. The maximum Gasteiger partial charge on any atom is 0.511 e. The number of hydrogen-bond donors (Lipinski definition) is 2. The molecule has 1 aromatic rings. The van der Waals surface area contributed by atoms with E-state index in [0.29, 0.717) is 5.56 Å². The van der Waals surface area contributed by atoms with Crippen molar-refractivity contribution in [2.75, 3.05) is 26.3 Å². The SMILES string of the molecule is CC1(C)OCCO[C@H](CNS(=O)(=O)C(F)(F)F)[C@H](CNC(=O)c2ccccc2)O1. The molecule has 29 heavy (non-hydrogen) atoms. The van der Waals surface area contributed by atoms with Gasteiger partial charge in [0.1, 0.15) is 6.10 Å². The van der Waals surface area contributed by atoms with E-state index in [1.807, 2.05) is 0 Å². The van der Waals surface area contributed by atoms with E-state index >= 15 is 0 Å². The van der Waals surface area contributed by atoms with Crippen LogP contribution in [0.5, 0.6) is 0 Å². The number of nitrogens with one attached hydrogen (secondary N) is 2. The monoisotopic (exact) mass is 440 g/mol. The highest BCUT2D eigenvalue weighted by molar-refractivity contribution is 7.90. The molecular weight excluding hydrogens is 417 g/mol. The molecule has 1 heterocycles. The van der Waals surface area contributed by atoms with E-state index in [-0.39, 0.29) is 19.8 Å². The summed E-state index contributed by atoms with van der Waals surface area (Å²) in [7, 11) is -5.55. The van der Waals surface area contributed by atoms with E-state index < -0.39 is 46.0 Å². The first-order valence-corrected chi connectivity index (χ1v) is 10.2. The molecule has 1 aromatic carbocycles. The van der Waals surface area contributed by atoms with E-state index in [4.69, 9.17) is 14.2 Å². The number of carbonyl (C=O) groups is 1. The maximum absolute atomic E-state index is 12.6. The summed E-state index contributed by atoms with van der Waals surface area (Å²) in [6.07, 6.45) is -2.07. The molecule has 2 rings (SSSR count). The van der Waals surface area contributed by atoms with Gasteiger partial charge in [-0.3, -0.25) is 4.79 Å². The number of sulfonamides is 1. The van der Waals surface area contributed by atoms with Gasteiger partial charge in [-0.15, -0.1) is 0 Å². The number of ether oxygens (including phenoxy) is 3. The number of carbonyl (C=O) groups excluding carboxylic acids is 1. The molecule has 1 saturated heterocycles. The zero-order valence-electron chi connectivity index (χ0n) is 15.9. The van der Waals surface area contributed by atoms with E-state index in [2.05, 4.69) is 5.32 Å². The Bertz CT molecular complexity index is 786. The highest BCUT2D eigenvalue weighted by atomic mass is 32.2. The van der Waals surface area contributed by atoms with Gasteiger partial charge >= 0.3 is 15.5 Å². The average Bonchev–Trinajstić information content (AvgIpc) is 2.62. The fourth-order valence-electron chi connectivity index (χ4n) is 2.59. The second kappa shape index (κ2) is 9.39. The van der Waals surface area contributed by atoms with Crippen LogP contribution in [-0.2, 0) is 24.2 Å². The number of alkyl halides is 3. The first-order chi connectivity index (χ1) is 13.4. The number of halogens is 3. The van der Waals surface area contributed by atoms with E-state index in [9.17, 15) is 26.4 Å². The normalized spacial score (nSPS) is 23.1. The van der Waals surface area contributed by atoms with Gasteiger partial charge in [0.15, 0.2) is 5.79 Å². The topological polar surface area (TPSA) is 103 Å². The summed E-state index contributed by atoms with van der Waals surface area (Å²) in [6.45, 7) is 2.47. The fraction of sp³-hybridized carbons (Fsp3) is 0.588. The van der Waals surface area contributed by atoms with Gasteiger partial charge in [-0.25, -0.2) is 13.1 Å². The van der Waals surface area contributed by atoms with Gasteiger partial charge in [0.2, 0.25) is 0 Å².